The number of anilines is 2. The molecule has 0 radical (unpaired) electrons. The molecule has 1 atom stereocenters. The number of aryl methyl sites for hydroxylation is 1. The summed E-state index contributed by atoms with van der Waals surface area (Å²) in [7, 11) is 0. The molecule has 184 valence electrons. The van der Waals surface area contributed by atoms with Crippen LogP contribution in [0.25, 0.3) is 0 Å². The van der Waals surface area contributed by atoms with E-state index in [1.165, 1.54) is 17.3 Å². The minimum Gasteiger partial charge on any atom is -0.308 e. The van der Waals surface area contributed by atoms with E-state index in [-0.39, 0.29) is 12.3 Å². The van der Waals surface area contributed by atoms with Gasteiger partial charge in [0.05, 0.1) is 24.1 Å². The summed E-state index contributed by atoms with van der Waals surface area (Å²) in [4.78, 5) is 54.2. The predicted octanol–water partition coefficient (Wildman–Crippen LogP) is 3.73. The smallest absolute Gasteiger partial charge is 0.308 e. The number of nitrogens with zero attached hydrogens (tertiary/aromatic N) is 4. The van der Waals surface area contributed by atoms with Crippen LogP contribution in [-0.4, -0.2) is 46.1 Å². The number of urea groups is 1. The van der Waals surface area contributed by atoms with E-state index < -0.39 is 23.5 Å². The third-order valence-electron chi connectivity index (χ3n) is 5.70. The van der Waals surface area contributed by atoms with Crippen molar-refractivity contribution in [2.45, 2.75) is 33.9 Å². The molecule has 2 aromatic carbocycles. The summed E-state index contributed by atoms with van der Waals surface area (Å²) in [5, 5.41) is 5.41. The zero-order chi connectivity index (χ0) is 25.9. The maximum atomic E-state index is 13.8. The van der Waals surface area contributed by atoms with Crippen molar-refractivity contribution in [1.82, 2.24) is 15.3 Å². The monoisotopic (exact) mass is 484 g/mol. The van der Waals surface area contributed by atoms with E-state index in [0.717, 1.165) is 5.56 Å². The number of carbonyl (C=O) groups is 3. The normalized spacial score (nSPS) is 15.4. The number of benzene rings is 2. The van der Waals surface area contributed by atoms with Gasteiger partial charge in [-0.2, -0.15) is 0 Å². The Morgan fingerprint density at radius 2 is 1.83 bits per heavy atom. The molecule has 0 spiro atoms. The van der Waals surface area contributed by atoms with Crippen molar-refractivity contribution in [3.8, 4) is 0 Å². The molecule has 1 aromatic heterocycles. The van der Waals surface area contributed by atoms with Crippen molar-refractivity contribution < 1.29 is 14.4 Å². The number of aromatic nitrogens is 2. The average molecular weight is 485 g/mol. The van der Waals surface area contributed by atoms with Crippen LogP contribution in [0.2, 0.25) is 0 Å². The molecule has 0 aliphatic carbocycles. The highest BCUT2D eigenvalue weighted by Crippen LogP contribution is 2.29. The van der Waals surface area contributed by atoms with Crippen LogP contribution < -0.4 is 15.5 Å². The van der Waals surface area contributed by atoms with Crippen molar-refractivity contribution in [3.05, 3.63) is 83.9 Å². The summed E-state index contributed by atoms with van der Waals surface area (Å²) in [5.74, 6) is -0.657. The summed E-state index contributed by atoms with van der Waals surface area (Å²) < 4.78 is 0. The van der Waals surface area contributed by atoms with Crippen molar-refractivity contribution in [2.75, 3.05) is 16.8 Å². The Labute approximate surface area is 209 Å². The van der Waals surface area contributed by atoms with Gasteiger partial charge in [-0.1, -0.05) is 51.1 Å². The standard InChI is InChI=1S/C27H28N6O3/c1-17-8-7-9-18(14-17)30-26(36)32-24-25(35)33(16-22(34)27(2,3)4)21-11-6-5-10-19(21)23(31-24)20-15-28-12-13-29-20/h5-15,24H,16H2,1-4H3,(H2,30,32,36)/t24-/m0/s1. The highest BCUT2D eigenvalue weighted by Gasteiger charge is 2.36. The van der Waals surface area contributed by atoms with Crippen molar-refractivity contribution >= 4 is 34.8 Å². The number of Topliss-reactive ketones (excluding diaryl/α,β-unsaturated/α-hetero) is 1. The average Bonchev–Trinajstić information content (AvgIpc) is 2.94. The van der Waals surface area contributed by atoms with Gasteiger partial charge in [-0.3, -0.25) is 19.6 Å². The van der Waals surface area contributed by atoms with Gasteiger partial charge in [0.25, 0.3) is 5.91 Å². The molecule has 0 unspecified atom stereocenters. The van der Waals surface area contributed by atoms with Crippen LogP contribution in [0.15, 0.2) is 72.1 Å². The second-order valence-electron chi connectivity index (χ2n) is 9.55. The van der Waals surface area contributed by atoms with Gasteiger partial charge in [-0.05, 0) is 30.7 Å². The van der Waals surface area contributed by atoms with Gasteiger partial charge in [0.15, 0.2) is 5.78 Å². The lowest BCUT2D eigenvalue weighted by molar-refractivity contribution is -0.127. The van der Waals surface area contributed by atoms with Crippen LogP contribution >= 0.6 is 0 Å². The molecule has 36 heavy (non-hydrogen) atoms. The van der Waals surface area contributed by atoms with Gasteiger partial charge in [-0.25, -0.2) is 9.79 Å². The molecular formula is C27H28N6O3. The number of rotatable bonds is 5. The van der Waals surface area contributed by atoms with Crippen LogP contribution in [0.4, 0.5) is 16.2 Å². The summed E-state index contributed by atoms with van der Waals surface area (Å²) in [6, 6.07) is 13.9. The third kappa shape index (κ3) is 5.46. The lowest BCUT2D eigenvalue weighted by Gasteiger charge is -2.28. The number of ketones is 1. The zero-order valence-electron chi connectivity index (χ0n) is 20.6. The first-order valence-electron chi connectivity index (χ1n) is 11.6. The SMILES string of the molecule is Cc1cccc(NC(=O)N[C@@H]2N=C(c3cnccn3)c3ccccc3N(CC(=O)C(C)(C)C)C2=O)c1. The van der Waals surface area contributed by atoms with Crippen LogP contribution in [0, 0.1) is 12.3 Å². The number of carbonyl (C=O) groups excluding carboxylic acids is 3. The number of benzodiazepines with no additional fused rings is 1. The molecule has 0 fully saturated rings. The molecule has 0 saturated heterocycles. The molecule has 2 N–H and O–H groups in total. The van der Waals surface area contributed by atoms with Gasteiger partial charge < -0.3 is 15.5 Å². The third-order valence-corrected chi connectivity index (χ3v) is 5.70. The molecule has 3 aromatic rings. The summed E-state index contributed by atoms with van der Waals surface area (Å²) >= 11 is 0. The number of nitrogens with one attached hydrogen (secondary N) is 2. The molecule has 1 aliphatic rings. The first-order chi connectivity index (χ1) is 17.1. The Bertz CT molecular complexity index is 1330. The van der Waals surface area contributed by atoms with E-state index in [1.807, 2.05) is 31.2 Å². The number of amides is 3. The van der Waals surface area contributed by atoms with E-state index in [1.54, 1.807) is 51.2 Å². The Kier molecular flexibility index (Phi) is 6.91. The van der Waals surface area contributed by atoms with Crippen LogP contribution in [0.5, 0.6) is 0 Å². The molecule has 3 amide bonds. The molecule has 0 saturated carbocycles. The molecular weight excluding hydrogens is 456 g/mol. The Hall–Kier alpha value is -4.40. The van der Waals surface area contributed by atoms with Gasteiger partial charge >= 0.3 is 6.03 Å². The lowest BCUT2D eigenvalue weighted by atomic mass is 9.90. The van der Waals surface area contributed by atoms with Crippen LogP contribution in [0.3, 0.4) is 0 Å². The highest BCUT2D eigenvalue weighted by molar-refractivity contribution is 6.20. The van der Waals surface area contributed by atoms with E-state index >= 15 is 0 Å². The Morgan fingerprint density at radius 1 is 1.06 bits per heavy atom. The zero-order valence-corrected chi connectivity index (χ0v) is 20.6. The summed E-state index contributed by atoms with van der Waals surface area (Å²) in [5.41, 5.74) is 2.83. The lowest BCUT2D eigenvalue weighted by Crippen LogP contribution is -2.50. The quantitative estimate of drug-likeness (QED) is 0.572. The Morgan fingerprint density at radius 3 is 2.53 bits per heavy atom. The van der Waals surface area contributed by atoms with Crippen LogP contribution in [0.1, 0.15) is 37.6 Å². The van der Waals surface area contributed by atoms with Gasteiger partial charge in [0, 0.05) is 29.1 Å². The Balaban J connectivity index is 1.75. The summed E-state index contributed by atoms with van der Waals surface area (Å²) in [6.07, 6.45) is 3.31. The first-order valence-corrected chi connectivity index (χ1v) is 11.6. The van der Waals surface area contributed by atoms with Gasteiger partial charge in [0.2, 0.25) is 6.17 Å². The first kappa shape index (κ1) is 24.7. The fourth-order valence-electron chi connectivity index (χ4n) is 3.71. The van der Waals surface area contributed by atoms with Gasteiger partial charge in [0.1, 0.15) is 5.69 Å². The second-order valence-corrected chi connectivity index (χ2v) is 9.55. The minimum atomic E-state index is -1.30. The van der Waals surface area contributed by atoms with Crippen molar-refractivity contribution in [1.29, 1.82) is 0 Å². The van der Waals surface area contributed by atoms with E-state index in [4.69, 9.17) is 0 Å². The number of hydrogen-bond donors (Lipinski definition) is 2. The number of fused-ring (bicyclic) bond motifs is 1. The topological polar surface area (TPSA) is 117 Å². The van der Waals surface area contributed by atoms with E-state index in [2.05, 4.69) is 25.6 Å². The predicted molar refractivity (Wildman–Crippen MR) is 138 cm³/mol. The van der Waals surface area contributed by atoms with E-state index in [0.29, 0.717) is 28.3 Å². The number of hydrogen-bond acceptors (Lipinski definition) is 6. The molecule has 0 bridgehead atoms. The van der Waals surface area contributed by atoms with E-state index in [9.17, 15) is 14.4 Å². The molecule has 4 rings (SSSR count). The number of aliphatic imine (C=N–C) groups is 1. The maximum Gasteiger partial charge on any atom is 0.321 e. The molecule has 9 nitrogen and oxygen atoms in total. The second kappa shape index (κ2) is 10.1. The number of para-hydroxylation sites is 1. The largest absolute Gasteiger partial charge is 0.321 e. The maximum absolute atomic E-state index is 13.8. The van der Waals surface area contributed by atoms with Crippen molar-refractivity contribution in [2.24, 2.45) is 10.4 Å². The van der Waals surface area contributed by atoms with Crippen molar-refractivity contribution in [3.63, 3.8) is 0 Å². The molecule has 2 heterocycles. The molecule has 9 heteroatoms. The van der Waals surface area contributed by atoms with Crippen LogP contribution in [-0.2, 0) is 9.59 Å². The highest BCUT2D eigenvalue weighted by atomic mass is 16.2. The summed E-state index contributed by atoms with van der Waals surface area (Å²) in [6.45, 7) is 7.15. The van der Waals surface area contributed by atoms with Gasteiger partial charge in [-0.15, -0.1) is 0 Å². The fraction of sp³-hybridized carbons (Fsp3) is 0.259. The molecule has 1 aliphatic heterocycles. The fourth-order valence-corrected chi connectivity index (χ4v) is 3.71. The minimum absolute atomic E-state index is 0.128.